The van der Waals surface area contributed by atoms with Crippen LogP contribution in [0, 0.1) is 0 Å². The Labute approximate surface area is 169 Å². The number of carbonyl (C=O) groups is 1. The van der Waals surface area contributed by atoms with Gasteiger partial charge in [-0.05, 0) is 34.4 Å². The summed E-state index contributed by atoms with van der Waals surface area (Å²) in [6, 6.07) is 8.58. The lowest BCUT2D eigenvalue weighted by atomic mass is 10.00. The first kappa shape index (κ1) is 19.3. The number of aromatic nitrogens is 6. The molecular weight excluding hydrogens is 368 g/mol. The topological polar surface area (TPSA) is 93.8 Å². The largest absolute Gasteiger partial charge is 0.352 e. The molecule has 1 amide bonds. The van der Waals surface area contributed by atoms with Crippen molar-refractivity contribution in [3.8, 4) is 0 Å². The van der Waals surface area contributed by atoms with Crippen LogP contribution < -0.4 is 5.32 Å². The second-order valence-electron chi connectivity index (χ2n) is 7.45. The van der Waals surface area contributed by atoms with Crippen molar-refractivity contribution >= 4 is 5.91 Å². The monoisotopic (exact) mass is 394 g/mol. The van der Waals surface area contributed by atoms with Crippen LogP contribution in [-0.2, 0) is 44.4 Å². The van der Waals surface area contributed by atoms with E-state index < -0.39 is 0 Å². The van der Waals surface area contributed by atoms with Crippen LogP contribution in [0.1, 0.15) is 35.4 Å². The maximum Gasteiger partial charge on any atom is 0.220 e. The number of carbonyl (C=O) groups excluding carboxylic acids is 1. The summed E-state index contributed by atoms with van der Waals surface area (Å²) < 4.78 is 3.54. The van der Waals surface area contributed by atoms with Gasteiger partial charge in [0.1, 0.15) is 0 Å². The molecule has 1 aliphatic heterocycles. The molecule has 0 aliphatic carbocycles. The smallest absolute Gasteiger partial charge is 0.220 e. The fourth-order valence-electron chi connectivity index (χ4n) is 3.64. The first-order valence-corrected chi connectivity index (χ1v) is 9.96. The molecule has 1 aromatic carbocycles. The first-order valence-electron chi connectivity index (χ1n) is 9.96. The number of benzene rings is 1. The molecule has 0 fully saturated rings. The van der Waals surface area contributed by atoms with E-state index in [2.05, 4.69) is 55.1 Å². The number of amides is 1. The lowest BCUT2D eigenvalue weighted by Gasteiger charge is -2.28. The van der Waals surface area contributed by atoms with Crippen LogP contribution in [0.15, 0.2) is 36.7 Å². The Morgan fingerprint density at radius 2 is 2.10 bits per heavy atom. The summed E-state index contributed by atoms with van der Waals surface area (Å²) in [7, 11) is 1.86. The minimum absolute atomic E-state index is 0.0242. The average Bonchev–Trinajstić information content (AvgIpc) is 3.35. The number of aryl methyl sites for hydroxylation is 2. The number of nitrogens with one attached hydrogen (secondary N) is 1. The normalized spacial score (nSPS) is 14.0. The van der Waals surface area contributed by atoms with Crippen molar-refractivity contribution in [2.75, 3.05) is 6.54 Å². The van der Waals surface area contributed by atoms with Crippen LogP contribution in [0.25, 0.3) is 0 Å². The fraction of sp³-hybridized carbons (Fsp3) is 0.450. The molecule has 0 saturated carbocycles. The van der Waals surface area contributed by atoms with Crippen molar-refractivity contribution in [3.05, 3.63) is 59.2 Å². The summed E-state index contributed by atoms with van der Waals surface area (Å²) in [6.07, 6.45) is 5.84. The Hall–Kier alpha value is -3.07. The molecule has 1 N–H and O–H groups in total. The maximum atomic E-state index is 12.1. The Balaban J connectivity index is 1.23. The SMILES string of the molecule is Cn1cc(CNC(=O)CCCn2nnnc2CN2CCc3ccccc3C2)cn1. The zero-order valence-electron chi connectivity index (χ0n) is 16.7. The molecule has 29 heavy (non-hydrogen) atoms. The molecule has 4 rings (SSSR count). The lowest BCUT2D eigenvalue weighted by Crippen LogP contribution is -2.31. The van der Waals surface area contributed by atoms with Gasteiger partial charge in [-0.2, -0.15) is 5.10 Å². The highest BCUT2D eigenvalue weighted by molar-refractivity contribution is 5.75. The van der Waals surface area contributed by atoms with E-state index in [9.17, 15) is 4.79 Å². The molecule has 9 nitrogen and oxygen atoms in total. The third-order valence-electron chi connectivity index (χ3n) is 5.20. The number of nitrogens with zero attached hydrogens (tertiary/aromatic N) is 7. The molecule has 0 saturated heterocycles. The van der Waals surface area contributed by atoms with Crippen molar-refractivity contribution in [1.82, 2.24) is 40.2 Å². The summed E-state index contributed by atoms with van der Waals surface area (Å²) in [4.78, 5) is 14.4. The van der Waals surface area contributed by atoms with Crippen molar-refractivity contribution in [3.63, 3.8) is 0 Å². The summed E-state index contributed by atoms with van der Waals surface area (Å²) in [6.45, 7) is 3.77. The number of fused-ring (bicyclic) bond motifs is 1. The Morgan fingerprint density at radius 3 is 2.93 bits per heavy atom. The highest BCUT2D eigenvalue weighted by atomic mass is 16.1. The average molecular weight is 394 g/mol. The van der Waals surface area contributed by atoms with Gasteiger partial charge in [-0.15, -0.1) is 5.10 Å². The van der Waals surface area contributed by atoms with Gasteiger partial charge < -0.3 is 5.32 Å². The molecule has 3 heterocycles. The first-order chi connectivity index (χ1) is 14.2. The van der Waals surface area contributed by atoms with Gasteiger partial charge in [-0.25, -0.2) is 4.68 Å². The highest BCUT2D eigenvalue weighted by Gasteiger charge is 2.18. The molecule has 0 atom stereocenters. The molecule has 3 aromatic rings. The van der Waals surface area contributed by atoms with E-state index in [1.807, 2.05) is 17.9 Å². The van der Waals surface area contributed by atoms with Crippen LogP contribution in [0.5, 0.6) is 0 Å². The van der Waals surface area contributed by atoms with E-state index in [-0.39, 0.29) is 5.91 Å². The van der Waals surface area contributed by atoms with Gasteiger partial charge in [0.15, 0.2) is 5.82 Å². The second-order valence-corrected chi connectivity index (χ2v) is 7.45. The predicted octanol–water partition coefficient (Wildman–Crippen LogP) is 1.06. The predicted molar refractivity (Wildman–Crippen MR) is 106 cm³/mol. The number of hydrogen-bond acceptors (Lipinski definition) is 6. The van der Waals surface area contributed by atoms with Crippen LogP contribution in [-0.4, -0.2) is 47.3 Å². The molecule has 0 unspecified atom stereocenters. The van der Waals surface area contributed by atoms with E-state index in [1.165, 1.54) is 11.1 Å². The quantitative estimate of drug-likeness (QED) is 0.614. The molecular formula is C20H26N8O. The van der Waals surface area contributed by atoms with Crippen molar-refractivity contribution in [2.45, 2.75) is 45.4 Å². The summed E-state index contributed by atoms with van der Waals surface area (Å²) in [5.41, 5.74) is 3.80. The van der Waals surface area contributed by atoms with Gasteiger partial charge in [-0.1, -0.05) is 24.3 Å². The van der Waals surface area contributed by atoms with E-state index in [0.717, 1.165) is 30.9 Å². The zero-order chi connectivity index (χ0) is 20.1. The number of hydrogen-bond donors (Lipinski definition) is 1. The minimum atomic E-state index is 0.0242. The second kappa shape index (κ2) is 8.95. The molecule has 2 aromatic heterocycles. The third kappa shape index (κ3) is 5.05. The summed E-state index contributed by atoms with van der Waals surface area (Å²) in [5, 5.41) is 19.1. The van der Waals surface area contributed by atoms with Gasteiger partial charge in [0.05, 0.1) is 12.7 Å². The lowest BCUT2D eigenvalue weighted by molar-refractivity contribution is -0.121. The molecule has 152 valence electrons. The van der Waals surface area contributed by atoms with Crippen LogP contribution >= 0.6 is 0 Å². The third-order valence-corrected chi connectivity index (χ3v) is 5.20. The van der Waals surface area contributed by atoms with Crippen molar-refractivity contribution < 1.29 is 4.79 Å². The summed E-state index contributed by atoms with van der Waals surface area (Å²) in [5.74, 6) is 0.872. The van der Waals surface area contributed by atoms with Gasteiger partial charge >= 0.3 is 0 Å². The standard InChI is InChI=1S/C20H26N8O/c1-26-13-16(12-22-26)11-21-20(29)7-4-9-28-19(23-24-25-28)15-27-10-8-17-5-2-3-6-18(17)14-27/h2-3,5-6,12-13H,4,7-11,14-15H2,1H3,(H,21,29). The molecule has 0 bridgehead atoms. The van der Waals surface area contributed by atoms with Gasteiger partial charge in [0.2, 0.25) is 5.91 Å². The maximum absolute atomic E-state index is 12.1. The van der Waals surface area contributed by atoms with E-state index >= 15 is 0 Å². The molecule has 0 spiro atoms. The summed E-state index contributed by atoms with van der Waals surface area (Å²) >= 11 is 0. The van der Waals surface area contributed by atoms with Gasteiger partial charge in [0, 0.05) is 51.4 Å². The number of tetrazole rings is 1. The van der Waals surface area contributed by atoms with E-state index in [1.54, 1.807) is 10.9 Å². The van der Waals surface area contributed by atoms with Crippen molar-refractivity contribution in [2.24, 2.45) is 7.05 Å². The van der Waals surface area contributed by atoms with E-state index in [0.29, 0.717) is 32.5 Å². The van der Waals surface area contributed by atoms with Gasteiger partial charge in [-0.3, -0.25) is 14.4 Å². The Kier molecular flexibility index (Phi) is 5.95. The van der Waals surface area contributed by atoms with Crippen LogP contribution in [0.2, 0.25) is 0 Å². The zero-order valence-corrected chi connectivity index (χ0v) is 16.7. The Bertz CT molecular complexity index is 963. The Morgan fingerprint density at radius 1 is 1.24 bits per heavy atom. The van der Waals surface area contributed by atoms with E-state index in [4.69, 9.17) is 0 Å². The fourth-order valence-corrected chi connectivity index (χ4v) is 3.64. The number of rotatable bonds is 8. The highest BCUT2D eigenvalue weighted by Crippen LogP contribution is 2.19. The molecule has 1 aliphatic rings. The van der Waals surface area contributed by atoms with Crippen LogP contribution in [0.3, 0.4) is 0 Å². The minimum Gasteiger partial charge on any atom is -0.352 e. The van der Waals surface area contributed by atoms with Gasteiger partial charge in [0.25, 0.3) is 0 Å². The molecule has 9 heteroatoms. The van der Waals surface area contributed by atoms with Crippen LogP contribution in [0.4, 0.5) is 0 Å². The van der Waals surface area contributed by atoms with Crippen molar-refractivity contribution in [1.29, 1.82) is 0 Å². The molecule has 0 radical (unpaired) electrons.